The highest BCUT2D eigenvalue weighted by atomic mass is 19.3. The van der Waals surface area contributed by atoms with Crippen LogP contribution in [-0.2, 0) is 4.79 Å². The lowest BCUT2D eigenvalue weighted by Crippen LogP contribution is -2.34. The number of alkyl halides is 2. The van der Waals surface area contributed by atoms with Crippen molar-refractivity contribution in [1.82, 2.24) is 10.6 Å². The molecule has 0 bridgehead atoms. The third-order valence-electron chi connectivity index (χ3n) is 4.68. The van der Waals surface area contributed by atoms with Crippen LogP contribution in [0.3, 0.4) is 0 Å². The van der Waals surface area contributed by atoms with E-state index in [9.17, 15) is 13.6 Å². The number of benzene rings is 1. The summed E-state index contributed by atoms with van der Waals surface area (Å²) in [5, 5.41) is 6.32. The monoisotopic (exact) mass is 340 g/mol. The minimum Gasteiger partial charge on any atom is -0.435 e. The highest BCUT2D eigenvalue weighted by Crippen LogP contribution is 2.25. The normalized spacial score (nSPS) is 18.2. The molecule has 4 nitrogen and oxygen atoms in total. The molecule has 1 saturated heterocycles. The van der Waals surface area contributed by atoms with Crippen LogP contribution in [0.2, 0.25) is 0 Å². The van der Waals surface area contributed by atoms with Crippen molar-refractivity contribution in [1.29, 1.82) is 0 Å². The number of carbonyl (C=O) groups is 1. The van der Waals surface area contributed by atoms with E-state index in [-0.39, 0.29) is 17.7 Å². The Kier molecular flexibility index (Phi) is 6.97. The number of halogens is 2. The Labute approximate surface area is 142 Å². The van der Waals surface area contributed by atoms with Gasteiger partial charge in [0.25, 0.3) is 0 Å². The lowest BCUT2D eigenvalue weighted by Gasteiger charge is -2.28. The van der Waals surface area contributed by atoms with E-state index in [0.29, 0.717) is 18.3 Å². The lowest BCUT2D eigenvalue weighted by atomic mass is 9.84. The topological polar surface area (TPSA) is 50.4 Å². The number of carbonyl (C=O) groups excluding carboxylic acids is 1. The fourth-order valence-corrected chi connectivity index (χ4v) is 3.19. The molecule has 1 aliphatic heterocycles. The van der Waals surface area contributed by atoms with Gasteiger partial charge in [-0.15, -0.1) is 0 Å². The first-order valence-corrected chi connectivity index (χ1v) is 8.50. The number of nitrogens with one attached hydrogen (secondary N) is 2. The smallest absolute Gasteiger partial charge is 0.387 e. The molecule has 1 amide bonds. The molecule has 0 spiro atoms. The molecule has 6 heteroatoms. The Balaban J connectivity index is 1.82. The molecule has 0 aromatic heterocycles. The molecular weight excluding hydrogens is 314 g/mol. The van der Waals surface area contributed by atoms with Gasteiger partial charge in [0.2, 0.25) is 5.91 Å². The predicted octanol–water partition coefficient (Wildman–Crippen LogP) is 3.49. The van der Waals surface area contributed by atoms with E-state index in [0.717, 1.165) is 31.5 Å². The van der Waals surface area contributed by atoms with Gasteiger partial charge in [0.05, 0.1) is 6.04 Å². The molecule has 2 rings (SSSR count). The molecule has 1 heterocycles. The van der Waals surface area contributed by atoms with Crippen molar-refractivity contribution in [3.63, 3.8) is 0 Å². The molecule has 1 aromatic carbocycles. The maximum absolute atomic E-state index is 12.2. The number of amides is 1. The second kappa shape index (κ2) is 8.97. The predicted molar refractivity (Wildman–Crippen MR) is 89.0 cm³/mol. The van der Waals surface area contributed by atoms with Crippen LogP contribution in [0.15, 0.2) is 24.3 Å². The maximum Gasteiger partial charge on any atom is 0.387 e. The Morgan fingerprint density at radius 1 is 1.25 bits per heavy atom. The van der Waals surface area contributed by atoms with Gasteiger partial charge < -0.3 is 15.4 Å². The highest BCUT2D eigenvalue weighted by Gasteiger charge is 2.22. The van der Waals surface area contributed by atoms with Gasteiger partial charge in [-0.3, -0.25) is 4.79 Å². The minimum absolute atomic E-state index is 0.0291. The molecule has 24 heavy (non-hydrogen) atoms. The second-order valence-electron chi connectivity index (χ2n) is 6.51. The third kappa shape index (κ3) is 5.74. The van der Waals surface area contributed by atoms with Crippen LogP contribution in [-0.4, -0.2) is 25.6 Å². The Morgan fingerprint density at radius 3 is 2.46 bits per heavy atom. The summed E-state index contributed by atoms with van der Waals surface area (Å²) in [5.41, 5.74) is 0.861. The van der Waals surface area contributed by atoms with Gasteiger partial charge in [0.1, 0.15) is 5.75 Å². The Hall–Kier alpha value is -1.69. The molecule has 134 valence electrons. The molecule has 1 aromatic rings. The van der Waals surface area contributed by atoms with Gasteiger partial charge in [-0.25, -0.2) is 0 Å². The van der Waals surface area contributed by atoms with Gasteiger partial charge in [-0.2, -0.15) is 8.78 Å². The fraction of sp³-hybridized carbons (Fsp3) is 0.611. The van der Waals surface area contributed by atoms with Crippen LogP contribution in [0.1, 0.15) is 44.7 Å². The van der Waals surface area contributed by atoms with Crippen molar-refractivity contribution < 1.29 is 18.3 Å². The first-order valence-electron chi connectivity index (χ1n) is 8.50. The van der Waals surface area contributed by atoms with Crippen LogP contribution >= 0.6 is 0 Å². The van der Waals surface area contributed by atoms with Crippen LogP contribution < -0.4 is 15.4 Å². The fourth-order valence-electron chi connectivity index (χ4n) is 3.19. The number of hydrogen-bond acceptors (Lipinski definition) is 3. The standard InChI is InChI=1S/C18H26F2N2O2/c1-12(14-7-9-21-10-8-14)11-17(23)22-13(2)15-3-5-16(6-4-15)24-18(19)20/h3-6,12-14,18,21H,7-11H2,1-2H3,(H,22,23). The zero-order valence-electron chi connectivity index (χ0n) is 14.2. The molecule has 1 aliphatic rings. The van der Waals surface area contributed by atoms with Crippen LogP contribution in [0.5, 0.6) is 5.75 Å². The van der Waals surface area contributed by atoms with E-state index in [1.807, 2.05) is 6.92 Å². The molecule has 2 unspecified atom stereocenters. The molecule has 0 radical (unpaired) electrons. The van der Waals surface area contributed by atoms with Crippen LogP contribution in [0, 0.1) is 11.8 Å². The maximum atomic E-state index is 12.2. The van der Waals surface area contributed by atoms with Crippen molar-refractivity contribution >= 4 is 5.91 Å². The van der Waals surface area contributed by atoms with Crippen LogP contribution in [0.4, 0.5) is 8.78 Å². The molecule has 2 N–H and O–H groups in total. The Morgan fingerprint density at radius 2 is 1.88 bits per heavy atom. The summed E-state index contributed by atoms with van der Waals surface area (Å²) in [6.07, 6.45) is 2.76. The molecule has 0 saturated carbocycles. The number of ether oxygens (including phenoxy) is 1. The van der Waals surface area contributed by atoms with E-state index >= 15 is 0 Å². The Bertz CT molecular complexity index is 516. The van der Waals surface area contributed by atoms with Gasteiger partial charge in [-0.1, -0.05) is 19.1 Å². The highest BCUT2D eigenvalue weighted by molar-refractivity contribution is 5.76. The quantitative estimate of drug-likeness (QED) is 0.799. The summed E-state index contributed by atoms with van der Waals surface area (Å²) < 4.78 is 28.6. The third-order valence-corrected chi connectivity index (χ3v) is 4.68. The minimum atomic E-state index is -2.83. The summed E-state index contributed by atoms with van der Waals surface area (Å²) >= 11 is 0. The van der Waals surface area contributed by atoms with E-state index in [2.05, 4.69) is 22.3 Å². The van der Waals surface area contributed by atoms with Crippen molar-refractivity contribution in [2.24, 2.45) is 11.8 Å². The first-order chi connectivity index (χ1) is 11.5. The summed E-state index contributed by atoms with van der Waals surface area (Å²) in [4.78, 5) is 12.2. The van der Waals surface area contributed by atoms with Gasteiger partial charge in [-0.05, 0) is 62.4 Å². The summed E-state index contributed by atoms with van der Waals surface area (Å²) in [6, 6.07) is 6.19. The number of hydrogen-bond donors (Lipinski definition) is 2. The second-order valence-corrected chi connectivity index (χ2v) is 6.51. The average Bonchev–Trinajstić information content (AvgIpc) is 2.55. The number of piperidine rings is 1. The average molecular weight is 340 g/mol. The van der Waals surface area contributed by atoms with E-state index < -0.39 is 6.61 Å². The van der Waals surface area contributed by atoms with E-state index in [1.165, 1.54) is 12.1 Å². The molecule has 2 atom stereocenters. The molecule has 0 aliphatic carbocycles. The SMILES string of the molecule is CC(NC(=O)CC(C)C1CCNCC1)c1ccc(OC(F)F)cc1. The van der Waals surface area contributed by atoms with Gasteiger partial charge >= 0.3 is 6.61 Å². The van der Waals surface area contributed by atoms with Crippen molar-refractivity contribution in [2.45, 2.75) is 45.8 Å². The zero-order valence-corrected chi connectivity index (χ0v) is 14.2. The zero-order chi connectivity index (χ0) is 17.5. The van der Waals surface area contributed by atoms with Crippen LogP contribution in [0.25, 0.3) is 0 Å². The summed E-state index contributed by atoms with van der Waals surface area (Å²) in [6.45, 7) is 3.25. The van der Waals surface area contributed by atoms with Gasteiger partial charge in [0, 0.05) is 6.42 Å². The van der Waals surface area contributed by atoms with Crippen molar-refractivity contribution in [2.75, 3.05) is 13.1 Å². The van der Waals surface area contributed by atoms with Gasteiger partial charge in [0.15, 0.2) is 0 Å². The summed E-state index contributed by atoms with van der Waals surface area (Å²) in [5.74, 6) is 1.10. The van der Waals surface area contributed by atoms with Crippen molar-refractivity contribution in [3.05, 3.63) is 29.8 Å². The largest absolute Gasteiger partial charge is 0.435 e. The van der Waals surface area contributed by atoms with E-state index in [1.54, 1.807) is 12.1 Å². The molecular formula is C18H26F2N2O2. The summed E-state index contributed by atoms with van der Waals surface area (Å²) in [7, 11) is 0. The van der Waals surface area contributed by atoms with Crippen molar-refractivity contribution in [3.8, 4) is 5.75 Å². The molecule has 1 fully saturated rings. The van der Waals surface area contributed by atoms with E-state index in [4.69, 9.17) is 0 Å². The number of rotatable bonds is 7. The lowest BCUT2D eigenvalue weighted by molar-refractivity contribution is -0.123. The first kappa shape index (κ1) is 18.6.